The average Bonchev–Trinajstić information content (AvgIpc) is 2.77. The standard InChI is InChI=1S/C12H15N3O/c1-8-6-9(4-5-11(8)16-3)10-7-12(13-2)15-14-10/h4-7H,1-3H3,(H2,13,14,15). The van der Waals surface area contributed by atoms with E-state index in [4.69, 9.17) is 4.74 Å². The van der Waals surface area contributed by atoms with Gasteiger partial charge in [-0.25, -0.2) is 0 Å². The molecule has 0 amide bonds. The minimum Gasteiger partial charge on any atom is -0.496 e. The molecule has 0 saturated heterocycles. The van der Waals surface area contributed by atoms with E-state index in [2.05, 4.69) is 21.6 Å². The Morgan fingerprint density at radius 2 is 2.12 bits per heavy atom. The van der Waals surface area contributed by atoms with Crippen LogP contribution in [-0.4, -0.2) is 24.4 Å². The van der Waals surface area contributed by atoms with Crippen LogP contribution in [0.5, 0.6) is 5.75 Å². The third-order valence-corrected chi connectivity index (χ3v) is 2.54. The number of aryl methyl sites for hydroxylation is 1. The second-order valence-corrected chi connectivity index (χ2v) is 3.60. The Morgan fingerprint density at radius 1 is 1.31 bits per heavy atom. The Hall–Kier alpha value is -1.97. The van der Waals surface area contributed by atoms with Crippen molar-refractivity contribution in [1.29, 1.82) is 0 Å². The molecule has 2 rings (SSSR count). The van der Waals surface area contributed by atoms with E-state index in [9.17, 15) is 0 Å². The maximum Gasteiger partial charge on any atom is 0.148 e. The monoisotopic (exact) mass is 217 g/mol. The number of benzene rings is 1. The fourth-order valence-corrected chi connectivity index (χ4v) is 1.64. The summed E-state index contributed by atoms with van der Waals surface area (Å²) in [5.74, 6) is 1.74. The molecule has 0 radical (unpaired) electrons. The van der Waals surface area contributed by atoms with Crippen molar-refractivity contribution < 1.29 is 4.74 Å². The van der Waals surface area contributed by atoms with Gasteiger partial charge >= 0.3 is 0 Å². The quantitative estimate of drug-likeness (QED) is 0.830. The molecule has 2 aromatic rings. The van der Waals surface area contributed by atoms with Crippen LogP contribution in [0.3, 0.4) is 0 Å². The zero-order valence-electron chi connectivity index (χ0n) is 9.66. The number of H-pyrrole nitrogens is 1. The lowest BCUT2D eigenvalue weighted by Crippen LogP contribution is -1.87. The van der Waals surface area contributed by atoms with Crippen molar-refractivity contribution in [3.8, 4) is 17.0 Å². The summed E-state index contributed by atoms with van der Waals surface area (Å²) in [6.45, 7) is 2.03. The van der Waals surface area contributed by atoms with Crippen molar-refractivity contribution in [2.45, 2.75) is 6.92 Å². The Balaban J connectivity index is 2.37. The first-order valence-corrected chi connectivity index (χ1v) is 5.12. The Labute approximate surface area is 94.6 Å². The van der Waals surface area contributed by atoms with E-state index in [0.29, 0.717) is 0 Å². The van der Waals surface area contributed by atoms with Gasteiger partial charge in [-0.2, -0.15) is 5.10 Å². The van der Waals surface area contributed by atoms with Crippen LogP contribution in [0.2, 0.25) is 0 Å². The van der Waals surface area contributed by atoms with E-state index in [1.165, 1.54) is 0 Å². The molecule has 0 aliphatic heterocycles. The fourth-order valence-electron chi connectivity index (χ4n) is 1.64. The number of methoxy groups -OCH3 is 1. The minimum absolute atomic E-state index is 0.837. The lowest BCUT2D eigenvalue weighted by atomic mass is 10.1. The molecule has 0 aliphatic rings. The summed E-state index contributed by atoms with van der Waals surface area (Å²) < 4.78 is 5.22. The Bertz CT molecular complexity index is 491. The molecule has 0 saturated carbocycles. The summed E-state index contributed by atoms with van der Waals surface area (Å²) in [6.07, 6.45) is 0. The molecule has 0 atom stereocenters. The first kappa shape index (κ1) is 10.5. The molecule has 0 aliphatic carbocycles. The van der Waals surface area contributed by atoms with E-state index < -0.39 is 0 Å². The lowest BCUT2D eigenvalue weighted by molar-refractivity contribution is 0.412. The van der Waals surface area contributed by atoms with E-state index in [0.717, 1.165) is 28.4 Å². The maximum absolute atomic E-state index is 5.22. The van der Waals surface area contributed by atoms with Gasteiger partial charge in [0, 0.05) is 18.7 Å². The third-order valence-electron chi connectivity index (χ3n) is 2.54. The summed E-state index contributed by atoms with van der Waals surface area (Å²) in [4.78, 5) is 0. The smallest absolute Gasteiger partial charge is 0.148 e. The van der Waals surface area contributed by atoms with Gasteiger partial charge in [0.05, 0.1) is 12.8 Å². The summed E-state index contributed by atoms with van der Waals surface area (Å²) in [6, 6.07) is 8.02. The Kier molecular flexibility index (Phi) is 2.81. The zero-order valence-corrected chi connectivity index (χ0v) is 9.66. The molecule has 0 unspecified atom stereocenters. The highest BCUT2D eigenvalue weighted by Crippen LogP contribution is 2.25. The highest BCUT2D eigenvalue weighted by molar-refractivity contribution is 5.64. The number of hydrogen-bond acceptors (Lipinski definition) is 3. The number of nitrogens with zero attached hydrogens (tertiary/aromatic N) is 1. The van der Waals surface area contributed by atoms with Crippen LogP contribution in [0.4, 0.5) is 5.82 Å². The van der Waals surface area contributed by atoms with Crippen LogP contribution in [-0.2, 0) is 0 Å². The van der Waals surface area contributed by atoms with Crippen LogP contribution in [0, 0.1) is 6.92 Å². The van der Waals surface area contributed by atoms with Crippen LogP contribution >= 0.6 is 0 Å². The molecule has 0 bridgehead atoms. The van der Waals surface area contributed by atoms with Gasteiger partial charge in [-0.1, -0.05) is 0 Å². The van der Waals surface area contributed by atoms with Crippen molar-refractivity contribution >= 4 is 5.82 Å². The molecular weight excluding hydrogens is 202 g/mol. The molecule has 0 fully saturated rings. The second kappa shape index (κ2) is 4.26. The lowest BCUT2D eigenvalue weighted by Gasteiger charge is -2.05. The number of rotatable bonds is 3. The first-order valence-electron chi connectivity index (χ1n) is 5.12. The van der Waals surface area contributed by atoms with Crippen LogP contribution < -0.4 is 10.1 Å². The predicted octanol–water partition coefficient (Wildman–Crippen LogP) is 2.44. The molecule has 0 spiro atoms. The topological polar surface area (TPSA) is 49.9 Å². The highest BCUT2D eigenvalue weighted by atomic mass is 16.5. The first-order chi connectivity index (χ1) is 7.74. The molecule has 4 heteroatoms. The molecule has 1 aromatic carbocycles. The molecule has 2 N–H and O–H groups in total. The van der Waals surface area contributed by atoms with E-state index in [1.807, 2.05) is 32.2 Å². The van der Waals surface area contributed by atoms with Gasteiger partial charge in [0.2, 0.25) is 0 Å². The summed E-state index contributed by atoms with van der Waals surface area (Å²) in [7, 11) is 3.52. The maximum atomic E-state index is 5.22. The van der Waals surface area contributed by atoms with Crippen LogP contribution in [0.1, 0.15) is 5.56 Å². The SMILES string of the molecule is CNc1cc(-c2ccc(OC)c(C)c2)[nH]n1. The number of hydrogen-bond donors (Lipinski definition) is 2. The number of ether oxygens (including phenoxy) is 1. The molecule has 4 nitrogen and oxygen atoms in total. The van der Waals surface area contributed by atoms with Gasteiger partial charge in [-0.05, 0) is 30.7 Å². The van der Waals surface area contributed by atoms with Crippen LogP contribution in [0.25, 0.3) is 11.3 Å². The second-order valence-electron chi connectivity index (χ2n) is 3.60. The van der Waals surface area contributed by atoms with Crippen molar-refractivity contribution in [2.75, 3.05) is 19.5 Å². The predicted molar refractivity (Wildman–Crippen MR) is 64.9 cm³/mol. The normalized spacial score (nSPS) is 10.2. The summed E-state index contributed by atoms with van der Waals surface area (Å²) in [5.41, 5.74) is 3.21. The molecule has 84 valence electrons. The summed E-state index contributed by atoms with van der Waals surface area (Å²) in [5, 5.41) is 10.1. The molecule has 16 heavy (non-hydrogen) atoms. The number of anilines is 1. The third kappa shape index (κ3) is 1.86. The van der Waals surface area contributed by atoms with E-state index in [-0.39, 0.29) is 0 Å². The zero-order chi connectivity index (χ0) is 11.5. The van der Waals surface area contributed by atoms with Gasteiger partial charge in [0.1, 0.15) is 11.6 Å². The number of aromatic amines is 1. The summed E-state index contributed by atoms with van der Waals surface area (Å²) >= 11 is 0. The largest absolute Gasteiger partial charge is 0.496 e. The van der Waals surface area contributed by atoms with Gasteiger partial charge in [-0.3, -0.25) is 5.10 Å². The van der Waals surface area contributed by atoms with Gasteiger partial charge in [-0.15, -0.1) is 0 Å². The van der Waals surface area contributed by atoms with E-state index in [1.54, 1.807) is 7.11 Å². The Morgan fingerprint density at radius 3 is 2.69 bits per heavy atom. The number of nitrogens with one attached hydrogen (secondary N) is 2. The minimum atomic E-state index is 0.837. The fraction of sp³-hybridized carbons (Fsp3) is 0.250. The molecule has 1 heterocycles. The molecule has 1 aromatic heterocycles. The average molecular weight is 217 g/mol. The highest BCUT2D eigenvalue weighted by Gasteiger charge is 2.05. The number of aromatic nitrogens is 2. The van der Waals surface area contributed by atoms with Crippen molar-refractivity contribution in [1.82, 2.24) is 10.2 Å². The van der Waals surface area contributed by atoms with Crippen molar-refractivity contribution in [2.24, 2.45) is 0 Å². The van der Waals surface area contributed by atoms with Crippen molar-refractivity contribution in [3.63, 3.8) is 0 Å². The van der Waals surface area contributed by atoms with Gasteiger partial charge in [0.15, 0.2) is 0 Å². The van der Waals surface area contributed by atoms with Gasteiger partial charge in [0.25, 0.3) is 0 Å². The van der Waals surface area contributed by atoms with E-state index >= 15 is 0 Å². The van der Waals surface area contributed by atoms with Crippen LogP contribution in [0.15, 0.2) is 24.3 Å². The molecular formula is C12H15N3O. The van der Waals surface area contributed by atoms with Crippen molar-refractivity contribution in [3.05, 3.63) is 29.8 Å². The van der Waals surface area contributed by atoms with Gasteiger partial charge < -0.3 is 10.1 Å².